The minimum absolute atomic E-state index is 0.0752. The van der Waals surface area contributed by atoms with Gasteiger partial charge in [-0.25, -0.2) is 9.59 Å². The van der Waals surface area contributed by atoms with Crippen LogP contribution in [0.25, 0.3) is 0 Å². The summed E-state index contributed by atoms with van der Waals surface area (Å²) in [5, 5.41) is 22.9. The van der Waals surface area contributed by atoms with Crippen molar-refractivity contribution in [1.29, 1.82) is 0 Å². The molecule has 1 saturated heterocycles. The average Bonchev–Trinajstić information content (AvgIpc) is 3.21. The molecule has 1 heterocycles. The zero-order chi connectivity index (χ0) is 27.1. The minimum Gasteiger partial charge on any atom is -0.458 e. The van der Waals surface area contributed by atoms with Crippen LogP contribution in [-0.4, -0.2) is 51.3 Å². The number of fused-ring (bicyclic) bond motifs is 4. The van der Waals surface area contributed by atoms with E-state index in [2.05, 4.69) is 26.7 Å². The Kier molecular flexibility index (Phi) is 5.85. The average molecular weight is 509 g/mol. The van der Waals surface area contributed by atoms with Crippen molar-refractivity contribution in [2.45, 2.75) is 76.3 Å². The maximum atomic E-state index is 13.3. The number of allylic oxidation sites excluding steroid dienone is 3. The van der Waals surface area contributed by atoms with E-state index in [0.717, 1.165) is 6.42 Å². The van der Waals surface area contributed by atoms with Crippen molar-refractivity contribution in [3.63, 3.8) is 0 Å². The number of aliphatic hydroxyl groups is 2. The number of ether oxygens (including phenoxy) is 2. The second-order valence-corrected chi connectivity index (χ2v) is 12.2. The first kappa shape index (κ1) is 25.9. The van der Waals surface area contributed by atoms with Crippen molar-refractivity contribution in [2.24, 2.45) is 29.1 Å². The molecule has 0 radical (unpaired) electrons. The number of ketones is 1. The van der Waals surface area contributed by atoms with Crippen LogP contribution in [0.15, 0.2) is 60.3 Å². The van der Waals surface area contributed by atoms with E-state index < -0.39 is 41.3 Å². The fourth-order valence-electron chi connectivity index (χ4n) is 7.25. The fourth-order valence-corrected chi connectivity index (χ4v) is 7.25. The summed E-state index contributed by atoms with van der Waals surface area (Å²) in [5.74, 6) is -2.54. The molecule has 3 fully saturated rings. The first-order valence-electron chi connectivity index (χ1n) is 13.1. The third kappa shape index (κ3) is 3.89. The highest BCUT2D eigenvalue weighted by Crippen LogP contribution is 2.54. The Morgan fingerprint density at radius 3 is 2.51 bits per heavy atom. The van der Waals surface area contributed by atoms with Crippen LogP contribution < -0.4 is 0 Å². The van der Waals surface area contributed by atoms with E-state index in [1.54, 1.807) is 26.0 Å². The lowest BCUT2D eigenvalue weighted by atomic mass is 9.58. The molecule has 7 heteroatoms. The van der Waals surface area contributed by atoms with Crippen LogP contribution in [0, 0.1) is 29.1 Å². The van der Waals surface area contributed by atoms with Gasteiger partial charge in [0.25, 0.3) is 0 Å². The molecule has 0 aromatic heterocycles. The number of rotatable bonds is 3. The standard InChI is InChI=1S/C30H36O7/c1-15(18-7-10-28(4)11-9-22(31)17(3)20(28)13-18)26(32)36-23-14-21-24(30(23,6)35)25-19(8-12-29(21,5)34)16(2)27(33)37-25/h9,11,14,18-20,23-25,34-35H,1-3,7-8,10,12-13H2,4-6H3. The third-order valence-corrected chi connectivity index (χ3v) is 9.80. The summed E-state index contributed by atoms with van der Waals surface area (Å²) in [6.45, 7) is 17.2. The van der Waals surface area contributed by atoms with Crippen molar-refractivity contribution in [2.75, 3.05) is 0 Å². The van der Waals surface area contributed by atoms with Gasteiger partial charge in [0.15, 0.2) is 5.78 Å². The molecular formula is C30H36O7. The fraction of sp³-hybridized carbons (Fsp3) is 0.567. The van der Waals surface area contributed by atoms with Crippen molar-refractivity contribution in [3.8, 4) is 0 Å². The minimum atomic E-state index is -1.62. The monoisotopic (exact) mass is 508 g/mol. The van der Waals surface area contributed by atoms with Gasteiger partial charge in [0.2, 0.25) is 0 Å². The van der Waals surface area contributed by atoms with Gasteiger partial charge in [-0.2, -0.15) is 0 Å². The summed E-state index contributed by atoms with van der Waals surface area (Å²) in [6, 6.07) is 0. The van der Waals surface area contributed by atoms with E-state index >= 15 is 0 Å². The number of hydrogen-bond donors (Lipinski definition) is 2. The molecule has 2 N–H and O–H groups in total. The zero-order valence-electron chi connectivity index (χ0n) is 21.8. The molecule has 5 aliphatic rings. The molecule has 2 saturated carbocycles. The predicted octanol–water partition coefficient (Wildman–Crippen LogP) is 3.52. The summed E-state index contributed by atoms with van der Waals surface area (Å²) < 4.78 is 11.5. The normalized spacial score (nSPS) is 44.8. The maximum absolute atomic E-state index is 13.3. The second-order valence-electron chi connectivity index (χ2n) is 12.2. The van der Waals surface area contributed by atoms with Crippen molar-refractivity contribution in [3.05, 3.63) is 60.3 Å². The molecule has 0 aromatic carbocycles. The van der Waals surface area contributed by atoms with E-state index in [1.165, 1.54) is 0 Å². The topological polar surface area (TPSA) is 110 Å². The Balaban J connectivity index is 1.36. The molecule has 37 heavy (non-hydrogen) atoms. The van der Waals surface area contributed by atoms with E-state index in [-0.39, 0.29) is 29.0 Å². The first-order chi connectivity index (χ1) is 17.2. The number of hydrogen-bond acceptors (Lipinski definition) is 7. The molecule has 9 unspecified atom stereocenters. The van der Waals surface area contributed by atoms with Gasteiger partial charge in [-0.15, -0.1) is 0 Å². The smallest absolute Gasteiger partial charge is 0.334 e. The highest BCUT2D eigenvalue weighted by molar-refractivity contribution is 6.05. The van der Waals surface area contributed by atoms with Crippen LogP contribution in [0.1, 0.15) is 52.9 Å². The number of esters is 2. The zero-order valence-corrected chi connectivity index (χ0v) is 21.8. The summed E-state index contributed by atoms with van der Waals surface area (Å²) in [4.78, 5) is 37.8. The summed E-state index contributed by atoms with van der Waals surface area (Å²) in [5.41, 5.74) is -1.36. The summed E-state index contributed by atoms with van der Waals surface area (Å²) in [6.07, 6.45) is 6.34. The highest BCUT2D eigenvalue weighted by Gasteiger charge is 2.61. The lowest BCUT2D eigenvalue weighted by Crippen LogP contribution is -2.50. The molecule has 198 valence electrons. The Morgan fingerprint density at radius 2 is 1.81 bits per heavy atom. The van der Waals surface area contributed by atoms with Gasteiger partial charge in [-0.1, -0.05) is 32.7 Å². The number of carbonyl (C=O) groups excluding carboxylic acids is 3. The van der Waals surface area contributed by atoms with Crippen molar-refractivity contribution < 1.29 is 34.1 Å². The van der Waals surface area contributed by atoms with Gasteiger partial charge in [-0.05, 0) is 86.5 Å². The molecule has 4 aliphatic carbocycles. The Hall–Kier alpha value is -2.77. The van der Waals surface area contributed by atoms with Gasteiger partial charge in [0.1, 0.15) is 17.8 Å². The van der Waals surface area contributed by atoms with Crippen LogP contribution in [0.5, 0.6) is 0 Å². The predicted molar refractivity (Wildman–Crippen MR) is 136 cm³/mol. The van der Waals surface area contributed by atoms with Gasteiger partial charge in [-0.3, -0.25) is 4.79 Å². The summed E-state index contributed by atoms with van der Waals surface area (Å²) >= 11 is 0. The third-order valence-electron chi connectivity index (χ3n) is 9.80. The van der Waals surface area contributed by atoms with Gasteiger partial charge in [0.05, 0.1) is 11.5 Å². The molecule has 5 rings (SSSR count). The summed E-state index contributed by atoms with van der Waals surface area (Å²) in [7, 11) is 0. The molecule has 9 atom stereocenters. The molecule has 0 spiro atoms. The Labute approximate surface area is 217 Å². The molecule has 7 nitrogen and oxygen atoms in total. The first-order valence-corrected chi connectivity index (χ1v) is 13.1. The van der Waals surface area contributed by atoms with Crippen LogP contribution >= 0.6 is 0 Å². The van der Waals surface area contributed by atoms with E-state index in [4.69, 9.17) is 9.47 Å². The van der Waals surface area contributed by atoms with Crippen molar-refractivity contribution >= 4 is 17.7 Å². The van der Waals surface area contributed by atoms with Crippen molar-refractivity contribution in [1.82, 2.24) is 0 Å². The molecular weight excluding hydrogens is 472 g/mol. The Morgan fingerprint density at radius 1 is 1.11 bits per heavy atom. The maximum Gasteiger partial charge on any atom is 0.334 e. The quantitative estimate of drug-likeness (QED) is 0.341. The lowest BCUT2D eigenvalue weighted by Gasteiger charge is -2.45. The van der Waals surface area contributed by atoms with Crippen LogP contribution in [0.2, 0.25) is 0 Å². The van der Waals surface area contributed by atoms with Gasteiger partial charge < -0.3 is 19.7 Å². The van der Waals surface area contributed by atoms with Crippen LogP contribution in [0.3, 0.4) is 0 Å². The van der Waals surface area contributed by atoms with Crippen LogP contribution in [-0.2, 0) is 23.9 Å². The van der Waals surface area contributed by atoms with E-state index in [0.29, 0.717) is 48.0 Å². The van der Waals surface area contributed by atoms with Crippen LogP contribution in [0.4, 0.5) is 0 Å². The molecule has 0 amide bonds. The molecule has 0 aromatic rings. The van der Waals surface area contributed by atoms with Gasteiger partial charge >= 0.3 is 11.9 Å². The number of carbonyl (C=O) groups is 3. The second kappa shape index (κ2) is 8.37. The molecule has 1 aliphatic heterocycles. The van der Waals surface area contributed by atoms with Gasteiger partial charge in [0, 0.05) is 17.1 Å². The van der Waals surface area contributed by atoms with E-state index in [1.807, 2.05) is 6.08 Å². The van der Waals surface area contributed by atoms with E-state index in [9.17, 15) is 24.6 Å². The SMILES string of the molecule is C=C(C(=O)OC1C=C2C(C3OC(=O)C(=C)C3CCC2(C)O)C1(C)O)C1CCC2(C)C=CC(=O)C(=C)C2C1. The Bertz CT molecular complexity index is 1180. The largest absolute Gasteiger partial charge is 0.458 e. The lowest BCUT2D eigenvalue weighted by molar-refractivity contribution is -0.164. The molecule has 0 bridgehead atoms. The highest BCUT2D eigenvalue weighted by atomic mass is 16.6.